The van der Waals surface area contributed by atoms with Gasteiger partial charge in [0.15, 0.2) is 5.96 Å². The first-order valence-corrected chi connectivity index (χ1v) is 9.59. The van der Waals surface area contributed by atoms with Gasteiger partial charge in [0, 0.05) is 32.1 Å². The molecule has 1 saturated heterocycles. The molecule has 0 spiro atoms. The Morgan fingerprint density at radius 2 is 2.08 bits per heavy atom. The SMILES string of the molecule is CCCN1CCC(CNC(=NC)NCC2(c3ccccc3F)CC2)C1.I. The number of hydrogen-bond donors (Lipinski definition) is 2. The van der Waals surface area contributed by atoms with Crippen molar-refractivity contribution in [3.05, 3.63) is 35.6 Å². The third-order valence-corrected chi connectivity index (χ3v) is 5.58. The van der Waals surface area contributed by atoms with Crippen LogP contribution in [0.2, 0.25) is 0 Å². The minimum absolute atomic E-state index is 0. The van der Waals surface area contributed by atoms with E-state index in [9.17, 15) is 4.39 Å². The van der Waals surface area contributed by atoms with E-state index in [1.807, 2.05) is 12.1 Å². The second kappa shape index (κ2) is 9.88. The summed E-state index contributed by atoms with van der Waals surface area (Å²) < 4.78 is 14.1. The first kappa shape index (κ1) is 21.4. The highest BCUT2D eigenvalue weighted by molar-refractivity contribution is 14.0. The highest BCUT2D eigenvalue weighted by atomic mass is 127. The van der Waals surface area contributed by atoms with Crippen molar-refractivity contribution in [3.63, 3.8) is 0 Å². The van der Waals surface area contributed by atoms with E-state index in [1.54, 1.807) is 19.2 Å². The molecule has 0 bridgehead atoms. The van der Waals surface area contributed by atoms with E-state index < -0.39 is 0 Å². The molecule has 0 aromatic heterocycles. The van der Waals surface area contributed by atoms with Crippen LogP contribution in [0.1, 0.15) is 38.2 Å². The molecule has 1 atom stereocenters. The summed E-state index contributed by atoms with van der Waals surface area (Å²) in [5.74, 6) is 1.43. The summed E-state index contributed by atoms with van der Waals surface area (Å²) in [6, 6.07) is 7.16. The standard InChI is InChI=1S/C20H31FN4.HI/c1-3-11-25-12-8-16(14-25)13-23-19(22-2)24-15-20(9-10-20)17-6-4-5-7-18(17)21;/h4-7,16H,3,8-15H2,1-2H3,(H2,22,23,24);1H. The molecule has 1 aromatic carbocycles. The van der Waals surface area contributed by atoms with Gasteiger partial charge in [-0.2, -0.15) is 0 Å². The zero-order valence-corrected chi connectivity index (χ0v) is 18.3. The van der Waals surface area contributed by atoms with Crippen LogP contribution in [0.25, 0.3) is 0 Å². The molecule has 1 heterocycles. The molecule has 1 unspecified atom stereocenters. The zero-order valence-electron chi connectivity index (χ0n) is 15.9. The molecule has 1 saturated carbocycles. The van der Waals surface area contributed by atoms with E-state index in [-0.39, 0.29) is 35.2 Å². The quantitative estimate of drug-likeness (QED) is 0.362. The predicted octanol–water partition coefficient (Wildman–Crippen LogP) is 3.37. The fourth-order valence-electron chi connectivity index (χ4n) is 3.90. The Morgan fingerprint density at radius 1 is 1.31 bits per heavy atom. The minimum atomic E-state index is -0.0910. The molecule has 1 aliphatic heterocycles. The van der Waals surface area contributed by atoms with Gasteiger partial charge in [0.2, 0.25) is 0 Å². The summed E-state index contributed by atoms with van der Waals surface area (Å²) in [6.07, 6.45) is 4.55. The molecule has 6 heteroatoms. The molecule has 2 N–H and O–H groups in total. The Morgan fingerprint density at radius 3 is 2.73 bits per heavy atom. The maximum Gasteiger partial charge on any atom is 0.191 e. The van der Waals surface area contributed by atoms with Crippen LogP contribution in [-0.4, -0.2) is 50.6 Å². The van der Waals surface area contributed by atoms with Gasteiger partial charge in [-0.15, -0.1) is 24.0 Å². The minimum Gasteiger partial charge on any atom is -0.356 e. The molecule has 0 radical (unpaired) electrons. The van der Waals surface area contributed by atoms with Crippen molar-refractivity contribution in [1.82, 2.24) is 15.5 Å². The first-order chi connectivity index (χ1) is 12.2. The van der Waals surface area contributed by atoms with E-state index in [0.717, 1.165) is 37.5 Å². The highest BCUT2D eigenvalue weighted by Crippen LogP contribution is 2.48. The van der Waals surface area contributed by atoms with Gasteiger partial charge in [-0.1, -0.05) is 25.1 Å². The van der Waals surface area contributed by atoms with Crippen molar-refractivity contribution in [2.45, 2.75) is 38.0 Å². The average Bonchev–Trinajstić information content (AvgIpc) is 3.27. The van der Waals surface area contributed by atoms with Crippen LogP contribution < -0.4 is 10.6 Å². The van der Waals surface area contributed by atoms with Crippen molar-refractivity contribution >= 4 is 29.9 Å². The largest absolute Gasteiger partial charge is 0.356 e. The van der Waals surface area contributed by atoms with Crippen molar-refractivity contribution in [1.29, 1.82) is 0 Å². The van der Waals surface area contributed by atoms with Gasteiger partial charge >= 0.3 is 0 Å². The van der Waals surface area contributed by atoms with Crippen LogP contribution in [-0.2, 0) is 5.41 Å². The monoisotopic (exact) mass is 474 g/mol. The van der Waals surface area contributed by atoms with Crippen LogP contribution in [0.4, 0.5) is 4.39 Å². The summed E-state index contributed by atoms with van der Waals surface area (Å²) in [5.41, 5.74) is 0.776. The van der Waals surface area contributed by atoms with E-state index in [1.165, 1.54) is 32.5 Å². The molecule has 0 amide bonds. The third-order valence-electron chi connectivity index (χ3n) is 5.58. The second-order valence-electron chi connectivity index (χ2n) is 7.52. The highest BCUT2D eigenvalue weighted by Gasteiger charge is 2.45. The average molecular weight is 474 g/mol. The predicted molar refractivity (Wildman–Crippen MR) is 117 cm³/mol. The van der Waals surface area contributed by atoms with Gasteiger partial charge in [-0.3, -0.25) is 4.99 Å². The Labute approximate surface area is 174 Å². The molecule has 146 valence electrons. The number of hydrogen-bond acceptors (Lipinski definition) is 2. The summed E-state index contributed by atoms with van der Waals surface area (Å²) in [6.45, 7) is 7.52. The van der Waals surface area contributed by atoms with Crippen LogP contribution in [0, 0.1) is 11.7 Å². The van der Waals surface area contributed by atoms with Gasteiger partial charge in [0.1, 0.15) is 5.82 Å². The van der Waals surface area contributed by atoms with Crippen LogP contribution in [0.15, 0.2) is 29.3 Å². The van der Waals surface area contributed by atoms with Crippen LogP contribution >= 0.6 is 24.0 Å². The van der Waals surface area contributed by atoms with E-state index in [2.05, 4.69) is 27.4 Å². The second-order valence-corrected chi connectivity index (χ2v) is 7.52. The number of nitrogens with zero attached hydrogens (tertiary/aromatic N) is 2. The fraction of sp³-hybridized carbons (Fsp3) is 0.650. The lowest BCUT2D eigenvalue weighted by Gasteiger charge is -2.21. The summed E-state index contributed by atoms with van der Waals surface area (Å²) in [4.78, 5) is 6.88. The first-order valence-electron chi connectivity index (χ1n) is 9.59. The molecule has 4 nitrogen and oxygen atoms in total. The summed E-state index contributed by atoms with van der Waals surface area (Å²) in [7, 11) is 1.80. The smallest absolute Gasteiger partial charge is 0.191 e. The lowest BCUT2D eigenvalue weighted by Crippen LogP contribution is -2.43. The number of likely N-dealkylation sites (tertiary alicyclic amines) is 1. The van der Waals surface area contributed by atoms with Gasteiger partial charge in [0.25, 0.3) is 0 Å². The Hall–Kier alpha value is -0.890. The number of aliphatic imine (C=N–C) groups is 1. The lowest BCUT2D eigenvalue weighted by atomic mass is 9.95. The number of rotatable bonds is 7. The molecule has 2 fully saturated rings. The molecular formula is C20H32FIN4. The summed E-state index contributed by atoms with van der Waals surface area (Å²) >= 11 is 0. The molecule has 1 aromatic rings. The van der Waals surface area contributed by atoms with Crippen LogP contribution in [0.3, 0.4) is 0 Å². The summed E-state index contributed by atoms with van der Waals surface area (Å²) in [5, 5.41) is 6.88. The van der Waals surface area contributed by atoms with Gasteiger partial charge in [-0.25, -0.2) is 4.39 Å². The van der Waals surface area contributed by atoms with Crippen LogP contribution in [0.5, 0.6) is 0 Å². The Balaban J connectivity index is 0.00000243. The molecule has 1 aliphatic carbocycles. The Kier molecular flexibility index (Phi) is 8.13. The molecule has 3 rings (SSSR count). The van der Waals surface area contributed by atoms with Gasteiger partial charge in [-0.05, 0) is 56.3 Å². The number of nitrogens with one attached hydrogen (secondary N) is 2. The lowest BCUT2D eigenvalue weighted by molar-refractivity contribution is 0.324. The number of benzene rings is 1. The molecule has 2 aliphatic rings. The van der Waals surface area contributed by atoms with Crippen molar-refractivity contribution in [2.75, 3.05) is 39.8 Å². The number of halogens is 2. The van der Waals surface area contributed by atoms with Gasteiger partial charge in [0.05, 0.1) is 0 Å². The Bertz CT molecular complexity index is 603. The van der Waals surface area contributed by atoms with Gasteiger partial charge < -0.3 is 15.5 Å². The van der Waals surface area contributed by atoms with E-state index in [0.29, 0.717) is 5.92 Å². The van der Waals surface area contributed by atoms with Crippen molar-refractivity contribution in [2.24, 2.45) is 10.9 Å². The van der Waals surface area contributed by atoms with Crippen molar-refractivity contribution in [3.8, 4) is 0 Å². The zero-order chi connectivity index (χ0) is 17.7. The molecule has 26 heavy (non-hydrogen) atoms. The van der Waals surface area contributed by atoms with E-state index >= 15 is 0 Å². The van der Waals surface area contributed by atoms with E-state index in [4.69, 9.17) is 0 Å². The topological polar surface area (TPSA) is 39.7 Å². The molecular weight excluding hydrogens is 442 g/mol. The fourth-order valence-corrected chi connectivity index (χ4v) is 3.90. The number of guanidine groups is 1. The maximum absolute atomic E-state index is 14.1. The van der Waals surface area contributed by atoms with Crippen molar-refractivity contribution < 1.29 is 4.39 Å². The normalized spacial score (nSPS) is 22.0. The third kappa shape index (κ3) is 5.31. The maximum atomic E-state index is 14.1.